The summed E-state index contributed by atoms with van der Waals surface area (Å²) < 4.78 is 5.63. The molecular weight excluding hydrogens is 250 g/mol. The minimum atomic E-state index is 0.00362. The second-order valence-corrected chi connectivity index (χ2v) is 5.94. The van der Waals surface area contributed by atoms with Gasteiger partial charge in [0.05, 0.1) is 0 Å². The summed E-state index contributed by atoms with van der Waals surface area (Å²) in [6.07, 6.45) is 12.8. The lowest BCUT2D eigenvalue weighted by Crippen LogP contribution is -2.42. The number of nitrogens with zero attached hydrogens (tertiary/aromatic N) is 1. The standard InChI is InChI=1S/C17H33NO2/c1-3-5-6-7-8-9-10-14-17(19)20-16-13-11-12-15-18(16)4-2/h16H,3-15H2,1-2H3. The van der Waals surface area contributed by atoms with Gasteiger partial charge in [-0.25, -0.2) is 0 Å². The van der Waals surface area contributed by atoms with Crippen molar-refractivity contribution in [1.82, 2.24) is 4.90 Å². The Hall–Kier alpha value is -0.570. The number of hydrogen-bond acceptors (Lipinski definition) is 3. The van der Waals surface area contributed by atoms with Gasteiger partial charge in [0, 0.05) is 13.0 Å². The van der Waals surface area contributed by atoms with Gasteiger partial charge in [0.25, 0.3) is 0 Å². The van der Waals surface area contributed by atoms with Crippen LogP contribution in [-0.4, -0.2) is 30.2 Å². The fourth-order valence-electron chi connectivity index (χ4n) is 2.89. The van der Waals surface area contributed by atoms with Crippen LogP contribution in [-0.2, 0) is 9.53 Å². The van der Waals surface area contributed by atoms with E-state index in [2.05, 4.69) is 18.7 Å². The summed E-state index contributed by atoms with van der Waals surface area (Å²) in [5.74, 6) is 0.00362. The number of esters is 1. The average molecular weight is 283 g/mol. The third-order valence-electron chi connectivity index (χ3n) is 4.21. The van der Waals surface area contributed by atoms with E-state index in [0.717, 1.165) is 25.9 Å². The van der Waals surface area contributed by atoms with Gasteiger partial charge in [-0.2, -0.15) is 0 Å². The first-order valence-corrected chi connectivity index (χ1v) is 8.71. The molecule has 0 aromatic carbocycles. The second-order valence-electron chi connectivity index (χ2n) is 5.94. The Bertz CT molecular complexity index is 255. The van der Waals surface area contributed by atoms with Gasteiger partial charge in [0.1, 0.15) is 0 Å². The molecule has 20 heavy (non-hydrogen) atoms. The summed E-state index contributed by atoms with van der Waals surface area (Å²) in [4.78, 5) is 14.1. The van der Waals surface area contributed by atoms with Crippen molar-refractivity contribution >= 4 is 5.97 Å². The van der Waals surface area contributed by atoms with E-state index in [-0.39, 0.29) is 12.2 Å². The lowest BCUT2D eigenvalue weighted by molar-refractivity contribution is -0.162. The Morgan fingerprint density at radius 2 is 1.75 bits per heavy atom. The smallest absolute Gasteiger partial charge is 0.307 e. The molecule has 0 saturated carbocycles. The zero-order valence-corrected chi connectivity index (χ0v) is 13.5. The van der Waals surface area contributed by atoms with Gasteiger partial charge in [-0.15, -0.1) is 0 Å². The zero-order chi connectivity index (χ0) is 14.6. The van der Waals surface area contributed by atoms with Crippen molar-refractivity contribution in [3.05, 3.63) is 0 Å². The van der Waals surface area contributed by atoms with Crippen molar-refractivity contribution in [1.29, 1.82) is 0 Å². The van der Waals surface area contributed by atoms with Crippen molar-refractivity contribution in [3.63, 3.8) is 0 Å². The van der Waals surface area contributed by atoms with Gasteiger partial charge >= 0.3 is 5.97 Å². The fraction of sp³-hybridized carbons (Fsp3) is 0.941. The van der Waals surface area contributed by atoms with Gasteiger partial charge in [-0.05, 0) is 32.2 Å². The van der Waals surface area contributed by atoms with Crippen LogP contribution < -0.4 is 0 Å². The first kappa shape index (κ1) is 17.5. The van der Waals surface area contributed by atoms with Crippen LogP contribution in [0.4, 0.5) is 0 Å². The van der Waals surface area contributed by atoms with Crippen LogP contribution in [0.25, 0.3) is 0 Å². The highest BCUT2D eigenvalue weighted by Crippen LogP contribution is 2.18. The molecule has 0 aliphatic carbocycles. The Morgan fingerprint density at radius 1 is 1.05 bits per heavy atom. The van der Waals surface area contributed by atoms with Crippen molar-refractivity contribution in [2.45, 2.75) is 90.7 Å². The molecule has 1 rings (SSSR count). The Balaban J connectivity index is 2.04. The van der Waals surface area contributed by atoms with Crippen LogP contribution in [0.3, 0.4) is 0 Å². The molecule has 118 valence electrons. The van der Waals surface area contributed by atoms with Gasteiger partial charge in [0.2, 0.25) is 0 Å². The second kappa shape index (κ2) is 11.1. The fourth-order valence-corrected chi connectivity index (χ4v) is 2.89. The summed E-state index contributed by atoms with van der Waals surface area (Å²) in [5, 5.41) is 0. The highest BCUT2D eigenvalue weighted by atomic mass is 16.6. The molecule has 0 amide bonds. The summed E-state index contributed by atoms with van der Waals surface area (Å²) in [6, 6.07) is 0. The van der Waals surface area contributed by atoms with Gasteiger partial charge in [-0.3, -0.25) is 9.69 Å². The molecule has 0 aromatic heterocycles. The van der Waals surface area contributed by atoms with Crippen LogP contribution in [0.15, 0.2) is 0 Å². The maximum atomic E-state index is 11.9. The van der Waals surface area contributed by atoms with Crippen molar-refractivity contribution in [3.8, 4) is 0 Å². The van der Waals surface area contributed by atoms with Crippen molar-refractivity contribution in [2.75, 3.05) is 13.1 Å². The summed E-state index contributed by atoms with van der Waals surface area (Å²) in [5.41, 5.74) is 0. The van der Waals surface area contributed by atoms with E-state index in [9.17, 15) is 4.79 Å². The molecule has 1 heterocycles. The van der Waals surface area contributed by atoms with E-state index < -0.39 is 0 Å². The number of likely N-dealkylation sites (tertiary alicyclic amines) is 1. The minimum absolute atomic E-state index is 0.00362. The Labute approximate surface area is 125 Å². The van der Waals surface area contributed by atoms with Crippen molar-refractivity contribution < 1.29 is 9.53 Å². The normalized spacial score (nSPS) is 20.0. The van der Waals surface area contributed by atoms with Crippen LogP contribution in [0.2, 0.25) is 0 Å². The maximum Gasteiger partial charge on any atom is 0.307 e. The third-order valence-corrected chi connectivity index (χ3v) is 4.21. The highest BCUT2D eigenvalue weighted by molar-refractivity contribution is 5.69. The molecule has 1 aliphatic rings. The molecule has 0 aromatic rings. The molecule has 0 spiro atoms. The monoisotopic (exact) mass is 283 g/mol. The molecule has 1 saturated heterocycles. The van der Waals surface area contributed by atoms with E-state index in [1.807, 2.05) is 0 Å². The van der Waals surface area contributed by atoms with Crippen LogP contribution in [0.5, 0.6) is 0 Å². The lowest BCUT2D eigenvalue weighted by Gasteiger charge is -2.33. The van der Waals surface area contributed by atoms with Crippen molar-refractivity contribution in [2.24, 2.45) is 0 Å². The molecule has 0 radical (unpaired) electrons. The number of hydrogen-bond donors (Lipinski definition) is 0. The summed E-state index contributed by atoms with van der Waals surface area (Å²) in [7, 11) is 0. The van der Waals surface area contributed by atoms with Crippen LogP contribution >= 0.6 is 0 Å². The molecule has 0 N–H and O–H groups in total. The predicted octanol–water partition coefficient (Wildman–Crippen LogP) is 4.50. The van der Waals surface area contributed by atoms with E-state index in [1.54, 1.807) is 0 Å². The molecule has 3 nitrogen and oxygen atoms in total. The Morgan fingerprint density at radius 3 is 2.45 bits per heavy atom. The number of carbonyl (C=O) groups is 1. The SMILES string of the molecule is CCCCCCCCCC(=O)OC1CCCCN1CC. The molecule has 3 heteroatoms. The number of piperidine rings is 1. The first-order chi connectivity index (χ1) is 9.77. The minimum Gasteiger partial charge on any atom is -0.446 e. The largest absolute Gasteiger partial charge is 0.446 e. The molecule has 1 fully saturated rings. The molecular formula is C17H33NO2. The lowest BCUT2D eigenvalue weighted by atomic mass is 10.1. The summed E-state index contributed by atoms with van der Waals surface area (Å²) in [6.45, 7) is 6.44. The average Bonchev–Trinajstić information content (AvgIpc) is 2.47. The topological polar surface area (TPSA) is 29.5 Å². The molecule has 1 aliphatic heterocycles. The van der Waals surface area contributed by atoms with Gasteiger partial charge in [-0.1, -0.05) is 52.4 Å². The van der Waals surface area contributed by atoms with Crippen LogP contribution in [0.1, 0.15) is 84.5 Å². The van der Waals surface area contributed by atoms with Gasteiger partial charge < -0.3 is 4.74 Å². The number of carbonyl (C=O) groups excluding carboxylic acids is 1. The van der Waals surface area contributed by atoms with E-state index in [0.29, 0.717) is 6.42 Å². The maximum absolute atomic E-state index is 11.9. The number of rotatable bonds is 10. The Kier molecular flexibility index (Phi) is 9.73. The predicted molar refractivity (Wildman–Crippen MR) is 83.6 cm³/mol. The zero-order valence-electron chi connectivity index (χ0n) is 13.5. The summed E-state index contributed by atoms with van der Waals surface area (Å²) >= 11 is 0. The molecule has 1 atom stereocenters. The third kappa shape index (κ3) is 7.28. The van der Waals surface area contributed by atoms with E-state index in [4.69, 9.17) is 4.74 Å². The molecule has 0 bridgehead atoms. The van der Waals surface area contributed by atoms with E-state index in [1.165, 1.54) is 51.4 Å². The first-order valence-electron chi connectivity index (χ1n) is 8.71. The van der Waals surface area contributed by atoms with Gasteiger partial charge in [0.15, 0.2) is 6.23 Å². The molecule has 1 unspecified atom stereocenters. The number of unbranched alkanes of at least 4 members (excludes halogenated alkanes) is 6. The van der Waals surface area contributed by atoms with E-state index >= 15 is 0 Å². The number of ether oxygens (including phenoxy) is 1. The highest BCUT2D eigenvalue weighted by Gasteiger charge is 2.23. The van der Waals surface area contributed by atoms with Crippen LogP contribution in [0, 0.1) is 0 Å². The quantitative estimate of drug-likeness (QED) is 0.436.